The molecule has 0 bridgehead atoms. The maximum absolute atomic E-state index is 11.2. The lowest BCUT2D eigenvalue weighted by atomic mass is 9.97. The number of aliphatic hydroxyl groups excluding tert-OH is 2. The van der Waals surface area contributed by atoms with Gasteiger partial charge in [-0.1, -0.05) is 0 Å². The Bertz CT molecular complexity index is 417. The van der Waals surface area contributed by atoms with Crippen LogP contribution < -0.4 is 11.1 Å². The van der Waals surface area contributed by atoms with E-state index in [1.807, 2.05) is 0 Å². The molecule has 22 heavy (non-hydrogen) atoms. The molecule has 1 aliphatic heterocycles. The predicted molar refractivity (Wildman–Crippen MR) is 71.3 cm³/mol. The number of carbonyl (C=O) groups is 1. The highest BCUT2D eigenvalue weighted by Gasteiger charge is 2.46. The Labute approximate surface area is 126 Å². The summed E-state index contributed by atoms with van der Waals surface area (Å²) < 4.78 is 25.5. The minimum Gasteiger partial charge on any atom is -0.388 e. The lowest BCUT2D eigenvalue weighted by Gasteiger charge is -2.42. The van der Waals surface area contributed by atoms with Crippen molar-refractivity contribution in [2.45, 2.75) is 37.6 Å². The molecular weight excluding hydrogens is 323 g/mol. The summed E-state index contributed by atoms with van der Waals surface area (Å²) in [6, 6.07) is -1.06. The second-order valence-corrected chi connectivity index (χ2v) is 5.94. The standard InChI is InChI=1S/C10H21N2O9P/c1-5(13)12-7-9(15)8(14)6(4-20-22(16,17)18)21-10(7)19-3-2-11/h6-10,14-15H,2-4,11H2,1H3,(H,12,13)(H2,16,17,18)/t6-,7+,8-,9-,10+/m1/s1. The van der Waals surface area contributed by atoms with Gasteiger partial charge in [0.15, 0.2) is 6.29 Å². The first-order chi connectivity index (χ1) is 10.2. The summed E-state index contributed by atoms with van der Waals surface area (Å²) in [4.78, 5) is 28.5. The Hall–Kier alpha value is -0.620. The van der Waals surface area contributed by atoms with Gasteiger partial charge in [0, 0.05) is 13.5 Å². The fourth-order valence-corrected chi connectivity index (χ4v) is 2.30. The normalized spacial score (nSPS) is 32.7. The van der Waals surface area contributed by atoms with Crippen molar-refractivity contribution in [2.75, 3.05) is 19.8 Å². The Balaban J connectivity index is 2.79. The number of nitrogens with one attached hydrogen (secondary N) is 1. The molecule has 130 valence electrons. The molecule has 0 aromatic heterocycles. The molecule has 0 aromatic carbocycles. The maximum Gasteiger partial charge on any atom is 0.469 e. The summed E-state index contributed by atoms with van der Waals surface area (Å²) in [6.07, 6.45) is -5.43. The van der Waals surface area contributed by atoms with E-state index in [2.05, 4.69) is 9.84 Å². The molecule has 7 N–H and O–H groups in total. The molecule has 1 aliphatic rings. The summed E-state index contributed by atoms with van der Waals surface area (Å²) in [6.45, 7) is 0.741. The first-order valence-electron chi connectivity index (χ1n) is 6.46. The maximum atomic E-state index is 11.2. The average molecular weight is 344 g/mol. The molecule has 0 aromatic rings. The highest BCUT2D eigenvalue weighted by Crippen LogP contribution is 2.37. The van der Waals surface area contributed by atoms with Gasteiger partial charge >= 0.3 is 7.82 Å². The number of hydrogen-bond acceptors (Lipinski definition) is 8. The van der Waals surface area contributed by atoms with E-state index in [4.69, 9.17) is 25.0 Å². The van der Waals surface area contributed by atoms with Crippen LogP contribution in [0.5, 0.6) is 0 Å². The van der Waals surface area contributed by atoms with Gasteiger partial charge in [-0.25, -0.2) is 4.57 Å². The molecule has 1 rings (SSSR count). The molecule has 1 saturated heterocycles. The van der Waals surface area contributed by atoms with Crippen LogP contribution in [0.3, 0.4) is 0 Å². The molecule has 1 heterocycles. The third kappa shape index (κ3) is 5.88. The van der Waals surface area contributed by atoms with E-state index >= 15 is 0 Å². The van der Waals surface area contributed by atoms with Gasteiger partial charge in [0.25, 0.3) is 0 Å². The molecule has 5 atom stereocenters. The quantitative estimate of drug-likeness (QED) is 0.261. The van der Waals surface area contributed by atoms with Crippen molar-refractivity contribution >= 4 is 13.7 Å². The van der Waals surface area contributed by atoms with Gasteiger partial charge in [0.2, 0.25) is 5.91 Å². The third-order valence-electron chi connectivity index (χ3n) is 2.88. The van der Waals surface area contributed by atoms with E-state index in [1.54, 1.807) is 0 Å². The van der Waals surface area contributed by atoms with Crippen molar-refractivity contribution in [2.24, 2.45) is 5.73 Å². The van der Waals surface area contributed by atoms with Crippen molar-refractivity contribution in [1.29, 1.82) is 0 Å². The molecule has 11 nitrogen and oxygen atoms in total. The molecular formula is C10H21N2O9P. The fourth-order valence-electron chi connectivity index (χ4n) is 1.95. The smallest absolute Gasteiger partial charge is 0.388 e. The van der Waals surface area contributed by atoms with Crippen LogP contribution in [-0.4, -0.2) is 76.3 Å². The van der Waals surface area contributed by atoms with E-state index < -0.39 is 51.0 Å². The molecule has 0 aliphatic carbocycles. The third-order valence-corrected chi connectivity index (χ3v) is 3.36. The van der Waals surface area contributed by atoms with Gasteiger partial charge in [-0.3, -0.25) is 9.32 Å². The van der Waals surface area contributed by atoms with Gasteiger partial charge < -0.3 is 40.5 Å². The van der Waals surface area contributed by atoms with Gasteiger partial charge in [-0.15, -0.1) is 0 Å². The van der Waals surface area contributed by atoms with Crippen LogP contribution >= 0.6 is 7.82 Å². The molecule has 0 saturated carbocycles. The van der Waals surface area contributed by atoms with E-state index in [0.29, 0.717) is 0 Å². The zero-order chi connectivity index (χ0) is 16.9. The highest BCUT2D eigenvalue weighted by atomic mass is 31.2. The fraction of sp³-hybridized carbons (Fsp3) is 0.900. The monoisotopic (exact) mass is 344 g/mol. The number of ether oxygens (including phenoxy) is 2. The number of phosphoric ester groups is 1. The number of amides is 1. The van der Waals surface area contributed by atoms with Crippen LogP contribution in [0.1, 0.15) is 6.92 Å². The zero-order valence-electron chi connectivity index (χ0n) is 11.9. The van der Waals surface area contributed by atoms with Crippen LogP contribution in [0.4, 0.5) is 0 Å². The predicted octanol–water partition coefficient (Wildman–Crippen LogP) is -2.98. The minimum absolute atomic E-state index is 0.0512. The molecule has 0 radical (unpaired) electrons. The first kappa shape index (κ1) is 19.4. The van der Waals surface area contributed by atoms with Crippen molar-refractivity contribution in [3.05, 3.63) is 0 Å². The van der Waals surface area contributed by atoms with Crippen LogP contribution in [0, 0.1) is 0 Å². The van der Waals surface area contributed by atoms with Crippen molar-refractivity contribution in [3.8, 4) is 0 Å². The van der Waals surface area contributed by atoms with Crippen LogP contribution in [0.25, 0.3) is 0 Å². The zero-order valence-corrected chi connectivity index (χ0v) is 12.8. The second-order valence-electron chi connectivity index (χ2n) is 4.70. The first-order valence-corrected chi connectivity index (χ1v) is 7.99. The van der Waals surface area contributed by atoms with E-state index in [0.717, 1.165) is 0 Å². The van der Waals surface area contributed by atoms with Crippen molar-refractivity contribution < 1.29 is 43.4 Å². The molecule has 0 spiro atoms. The lowest BCUT2D eigenvalue weighted by molar-refractivity contribution is -0.268. The number of nitrogens with two attached hydrogens (primary N) is 1. The van der Waals surface area contributed by atoms with Gasteiger partial charge in [0.1, 0.15) is 24.4 Å². The summed E-state index contributed by atoms with van der Waals surface area (Å²) in [5.41, 5.74) is 5.30. The average Bonchev–Trinajstić information content (AvgIpc) is 2.40. The number of carbonyl (C=O) groups excluding carboxylic acids is 1. The van der Waals surface area contributed by atoms with Crippen molar-refractivity contribution in [3.63, 3.8) is 0 Å². The highest BCUT2D eigenvalue weighted by molar-refractivity contribution is 7.46. The number of aliphatic hydroxyl groups is 2. The number of phosphoric acid groups is 1. The van der Waals surface area contributed by atoms with Gasteiger partial charge in [-0.05, 0) is 0 Å². The van der Waals surface area contributed by atoms with E-state index in [9.17, 15) is 19.6 Å². The summed E-state index contributed by atoms with van der Waals surface area (Å²) in [5, 5.41) is 22.4. The Kier molecular flexibility index (Phi) is 7.32. The SMILES string of the molecule is CC(=O)N[C@@H]1[C@@H](OCCN)O[C@H](COP(=O)(O)O)[C@@H](O)[C@@H]1O. The molecule has 1 fully saturated rings. The molecule has 12 heteroatoms. The van der Waals surface area contributed by atoms with Crippen LogP contribution in [0.15, 0.2) is 0 Å². The number of rotatable bonds is 7. The lowest BCUT2D eigenvalue weighted by Crippen LogP contribution is -2.64. The van der Waals surface area contributed by atoms with Crippen molar-refractivity contribution in [1.82, 2.24) is 5.32 Å². The van der Waals surface area contributed by atoms with E-state index in [-0.39, 0.29) is 13.2 Å². The van der Waals surface area contributed by atoms with Gasteiger partial charge in [-0.2, -0.15) is 0 Å². The second kappa shape index (κ2) is 8.29. The Morgan fingerprint density at radius 1 is 1.36 bits per heavy atom. The summed E-state index contributed by atoms with van der Waals surface area (Å²) in [7, 11) is -4.76. The largest absolute Gasteiger partial charge is 0.469 e. The summed E-state index contributed by atoms with van der Waals surface area (Å²) in [5.74, 6) is -0.480. The molecule has 0 unspecified atom stereocenters. The van der Waals surface area contributed by atoms with Crippen LogP contribution in [-0.2, 0) is 23.4 Å². The number of hydrogen-bond donors (Lipinski definition) is 6. The molecule has 1 amide bonds. The minimum atomic E-state index is -4.76. The topological polar surface area (TPSA) is 181 Å². The van der Waals surface area contributed by atoms with Gasteiger partial charge in [0.05, 0.1) is 13.2 Å². The Morgan fingerprint density at radius 2 is 2.00 bits per heavy atom. The van der Waals surface area contributed by atoms with E-state index in [1.165, 1.54) is 6.92 Å². The Morgan fingerprint density at radius 3 is 2.50 bits per heavy atom. The van der Waals surface area contributed by atoms with Crippen LogP contribution in [0.2, 0.25) is 0 Å². The summed E-state index contributed by atoms with van der Waals surface area (Å²) >= 11 is 0.